The van der Waals surface area contributed by atoms with Gasteiger partial charge in [-0.2, -0.15) is 0 Å². The van der Waals surface area contributed by atoms with Gasteiger partial charge >= 0.3 is 0 Å². The maximum Gasteiger partial charge on any atom is 0.220 e. The number of H-pyrrole nitrogens is 1. The van der Waals surface area contributed by atoms with Crippen LogP contribution in [0.25, 0.3) is 11.0 Å². The summed E-state index contributed by atoms with van der Waals surface area (Å²) in [6.45, 7) is 0.229. The molecule has 8 heteroatoms. The fourth-order valence-corrected chi connectivity index (χ4v) is 3.67. The van der Waals surface area contributed by atoms with Crippen molar-refractivity contribution in [3.63, 3.8) is 0 Å². The summed E-state index contributed by atoms with van der Waals surface area (Å²) in [5.41, 5.74) is 0.787. The number of aromatic nitrogens is 2. The molecule has 28 heavy (non-hydrogen) atoms. The van der Waals surface area contributed by atoms with Gasteiger partial charge < -0.3 is 20.0 Å². The SMILES string of the molecule is O=C(CCC1(Cc2ccco2)CCC(=O)N1)NCc1nc2ccc(F)cc2[nH]1. The Bertz CT molecular complexity index is 998. The lowest BCUT2D eigenvalue weighted by Crippen LogP contribution is -2.44. The van der Waals surface area contributed by atoms with Crippen LogP contribution in [0.3, 0.4) is 0 Å². The van der Waals surface area contributed by atoms with E-state index in [4.69, 9.17) is 4.42 Å². The Morgan fingerprint density at radius 3 is 3.00 bits per heavy atom. The number of benzene rings is 1. The van der Waals surface area contributed by atoms with Crippen molar-refractivity contribution >= 4 is 22.8 Å². The van der Waals surface area contributed by atoms with E-state index in [0.29, 0.717) is 42.5 Å². The van der Waals surface area contributed by atoms with Gasteiger partial charge in [-0.25, -0.2) is 9.37 Å². The van der Waals surface area contributed by atoms with Crippen LogP contribution in [0.2, 0.25) is 0 Å². The Kier molecular flexibility index (Phi) is 4.85. The number of nitrogens with zero attached hydrogens (tertiary/aromatic N) is 1. The van der Waals surface area contributed by atoms with Gasteiger partial charge in [-0.15, -0.1) is 0 Å². The topological polar surface area (TPSA) is 100 Å². The Hall–Kier alpha value is -3.16. The van der Waals surface area contributed by atoms with Crippen LogP contribution >= 0.6 is 0 Å². The number of fused-ring (bicyclic) bond motifs is 1. The van der Waals surface area contributed by atoms with Crippen LogP contribution in [0.5, 0.6) is 0 Å². The number of carbonyl (C=O) groups excluding carboxylic acids is 2. The number of hydrogen-bond acceptors (Lipinski definition) is 4. The van der Waals surface area contributed by atoms with Crippen molar-refractivity contribution in [2.24, 2.45) is 0 Å². The first kappa shape index (κ1) is 18.2. The minimum Gasteiger partial charge on any atom is -0.469 e. The fraction of sp³-hybridized carbons (Fsp3) is 0.350. The number of rotatable bonds is 7. The van der Waals surface area contributed by atoms with E-state index in [1.54, 1.807) is 12.3 Å². The summed E-state index contributed by atoms with van der Waals surface area (Å²) in [5, 5.41) is 5.85. The summed E-state index contributed by atoms with van der Waals surface area (Å²) in [6, 6.07) is 7.99. The molecule has 3 heterocycles. The van der Waals surface area contributed by atoms with E-state index in [1.807, 2.05) is 12.1 Å². The highest BCUT2D eigenvalue weighted by Crippen LogP contribution is 2.29. The normalized spacial score (nSPS) is 19.1. The van der Waals surface area contributed by atoms with Crippen LogP contribution < -0.4 is 10.6 Å². The van der Waals surface area contributed by atoms with Crippen molar-refractivity contribution in [2.45, 2.75) is 44.2 Å². The molecule has 3 N–H and O–H groups in total. The van der Waals surface area contributed by atoms with Crippen LogP contribution in [0.1, 0.15) is 37.3 Å². The molecule has 146 valence electrons. The lowest BCUT2D eigenvalue weighted by molar-refractivity contribution is -0.123. The highest BCUT2D eigenvalue weighted by atomic mass is 19.1. The molecule has 2 amide bonds. The Morgan fingerprint density at radius 1 is 1.36 bits per heavy atom. The molecule has 1 atom stereocenters. The lowest BCUT2D eigenvalue weighted by atomic mass is 9.87. The molecule has 0 bridgehead atoms. The van der Waals surface area contributed by atoms with Crippen molar-refractivity contribution in [3.05, 3.63) is 54.0 Å². The minimum atomic E-state index is -0.455. The number of aromatic amines is 1. The molecule has 0 radical (unpaired) electrons. The molecule has 1 saturated heterocycles. The number of furan rings is 1. The molecule has 1 fully saturated rings. The Morgan fingerprint density at radius 2 is 2.25 bits per heavy atom. The number of hydrogen-bond donors (Lipinski definition) is 3. The first-order valence-electron chi connectivity index (χ1n) is 9.26. The van der Waals surface area contributed by atoms with E-state index in [-0.39, 0.29) is 30.6 Å². The zero-order valence-electron chi connectivity index (χ0n) is 15.3. The number of halogens is 1. The summed E-state index contributed by atoms with van der Waals surface area (Å²) < 4.78 is 18.7. The average Bonchev–Trinajstić information content (AvgIpc) is 3.39. The second-order valence-electron chi connectivity index (χ2n) is 7.21. The van der Waals surface area contributed by atoms with Crippen molar-refractivity contribution in [3.8, 4) is 0 Å². The van der Waals surface area contributed by atoms with Gasteiger partial charge in [-0.05, 0) is 43.2 Å². The molecule has 1 aromatic carbocycles. The van der Waals surface area contributed by atoms with Crippen LogP contribution in [-0.2, 0) is 22.6 Å². The van der Waals surface area contributed by atoms with Gasteiger partial charge in [0.2, 0.25) is 11.8 Å². The van der Waals surface area contributed by atoms with Crippen molar-refractivity contribution in [1.82, 2.24) is 20.6 Å². The molecule has 0 saturated carbocycles. The third kappa shape index (κ3) is 4.05. The Labute approximate surface area is 160 Å². The highest BCUT2D eigenvalue weighted by molar-refractivity contribution is 5.80. The van der Waals surface area contributed by atoms with E-state index in [1.165, 1.54) is 12.1 Å². The summed E-state index contributed by atoms with van der Waals surface area (Å²) in [5.74, 6) is 0.880. The fourth-order valence-electron chi connectivity index (χ4n) is 3.67. The third-order valence-electron chi connectivity index (χ3n) is 5.10. The monoisotopic (exact) mass is 384 g/mol. The minimum absolute atomic E-state index is 0.00136. The molecule has 2 aromatic heterocycles. The van der Waals surface area contributed by atoms with Gasteiger partial charge in [0.15, 0.2) is 0 Å². The van der Waals surface area contributed by atoms with Crippen LogP contribution in [0.15, 0.2) is 41.0 Å². The van der Waals surface area contributed by atoms with E-state index >= 15 is 0 Å². The summed E-state index contributed by atoms with van der Waals surface area (Å²) in [4.78, 5) is 31.4. The van der Waals surface area contributed by atoms with E-state index in [0.717, 1.165) is 5.76 Å². The van der Waals surface area contributed by atoms with Gasteiger partial charge in [0.25, 0.3) is 0 Å². The van der Waals surface area contributed by atoms with Gasteiger partial charge in [0.05, 0.1) is 23.8 Å². The van der Waals surface area contributed by atoms with Gasteiger partial charge in [-0.3, -0.25) is 9.59 Å². The van der Waals surface area contributed by atoms with Crippen LogP contribution in [0.4, 0.5) is 4.39 Å². The third-order valence-corrected chi connectivity index (χ3v) is 5.10. The number of nitrogens with one attached hydrogen (secondary N) is 3. The summed E-state index contributed by atoms with van der Waals surface area (Å²) >= 11 is 0. The first-order chi connectivity index (χ1) is 13.5. The van der Waals surface area contributed by atoms with Gasteiger partial charge in [-0.1, -0.05) is 0 Å². The molecule has 0 spiro atoms. The first-order valence-corrected chi connectivity index (χ1v) is 9.26. The summed E-state index contributed by atoms with van der Waals surface area (Å²) in [7, 11) is 0. The molecule has 3 aromatic rings. The number of amides is 2. The maximum absolute atomic E-state index is 13.3. The van der Waals surface area contributed by atoms with Crippen molar-refractivity contribution in [1.29, 1.82) is 0 Å². The Balaban J connectivity index is 1.33. The van der Waals surface area contributed by atoms with Crippen molar-refractivity contribution < 1.29 is 18.4 Å². The second kappa shape index (κ2) is 7.46. The smallest absolute Gasteiger partial charge is 0.220 e. The van der Waals surface area contributed by atoms with E-state index < -0.39 is 5.54 Å². The quantitative estimate of drug-likeness (QED) is 0.583. The van der Waals surface area contributed by atoms with E-state index in [2.05, 4.69) is 20.6 Å². The average molecular weight is 384 g/mol. The largest absolute Gasteiger partial charge is 0.469 e. The molecule has 0 aliphatic carbocycles. The number of carbonyl (C=O) groups is 2. The highest BCUT2D eigenvalue weighted by Gasteiger charge is 2.38. The zero-order chi connectivity index (χ0) is 19.6. The lowest BCUT2D eigenvalue weighted by Gasteiger charge is -2.28. The zero-order valence-corrected chi connectivity index (χ0v) is 15.3. The standard InChI is InChI=1S/C20H21FN4O3/c21-13-3-4-15-16(10-13)24-17(23-15)12-22-18(26)5-7-20(8-6-19(27)25-20)11-14-2-1-9-28-14/h1-4,9-10H,5-8,11-12H2,(H,22,26)(H,23,24)(H,25,27). The van der Waals surface area contributed by atoms with Gasteiger partial charge in [0.1, 0.15) is 17.4 Å². The van der Waals surface area contributed by atoms with Gasteiger partial charge in [0, 0.05) is 24.8 Å². The molecule has 7 nitrogen and oxygen atoms in total. The molecule has 4 rings (SSSR count). The molecular weight excluding hydrogens is 363 g/mol. The molecule has 1 unspecified atom stereocenters. The molecule has 1 aliphatic heterocycles. The second-order valence-corrected chi connectivity index (χ2v) is 7.21. The molecule has 1 aliphatic rings. The predicted octanol–water partition coefficient (Wildman–Crippen LogP) is 2.58. The van der Waals surface area contributed by atoms with Crippen LogP contribution in [-0.4, -0.2) is 27.3 Å². The summed E-state index contributed by atoms with van der Waals surface area (Å²) in [6.07, 6.45) is 4.10. The van der Waals surface area contributed by atoms with Crippen molar-refractivity contribution in [2.75, 3.05) is 0 Å². The van der Waals surface area contributed by atoms with Crippen LogP contribution in [0, 0.1) is 5.82 Å². The van der Waals surface area contributed by atoms with E-state index in [9.17, 15) is 14.0 Å². The number of imidazole rings is 1. The maximum atomic E-state index is 13.3. The predicted molar refractivity (Wildman–Crippen MR) is 99.7 cm³/mol. The molecular formula is C20H21FN4O3.